The Hall–Kier alpha value is -1.36. The fourth-order valence-corrected chi connectivity index (χ4v) is 0.868. The molecule has 0 aromatic heterocycles. The maximum atomic E-state index is 10.5. The van der Waals surface area contributed by atoms with Gasteiger partial charge in [0.1, 0.15) is 6.04 Å². The summed E-state index contributed by atoms with van der Waals surface area (Å²) in [4.78, 5) is 20.9. The summed E-state index contributed by atoms with van der Waals surface area (Å²) >= 11 is 0. The standard InChI is InChI=1S/C8H13NO4/c1-2-3-5(7(10)11)4-6(9)8(12)13/h2-3,5-6H,4,9H2,1H3,(H,10,11)(H,12,13). The molecule has 0 aromatic carbocycles. The van der Waals surface area contributed by atoms with Crippen molar-refractivity contribution < 1.29 is 19.8 Å². The van der Waals surface area contributed by atoms with Crippen LogP contribution < -0.4 is 5.73 Å². The van der Waals surface area contributed by atoms with E-state index in [0.29, 0.717) is 0 Å². The summed E-state index contributed by atoms with van der Waals surface area (Å²) in [5.74, 6) is -3.07. The van der Waals surface area contributed by atoms with Gasteiger partial charge >= 0.3 is 11.9 Å². The minimum Gasteiger partial charge on any atom is -0.481 e. The Morgan fingerprint density at radius 1 is 1.38 bits per heavy atom. The Bertz CT molecular complexity index is 224. The number of carbonyl (C=O) groups is 2. The molecule has 13 heavy (non-hydrogen) atoms. The molecule has 0 saturated heterocycles. The molecule has 0 saturated carbocycles. The number of carboxylic acid groups (broad SMARTS) is 2. The zero-order valence-electron chi connectivity index (χ0n) is 7.30. The molecular weight excluding hydrogens is 174 g/mol. The first-order valence-electron chi connectivity index (χ1n) is 3.83. The van der Waals surface area contributed by atoms with Crippen molar-refractivity contribution in [2.24, 2.45) is 11.7 Å². The predicted molar refractivity (Wildman–Crippen MR) is 46.2 cm³/mol. The van der Waals surface area contributed by atoms with E-state index >= 15 is 0 Å². The number of aliphatic carboxylic acids is 2. The van der Waals surface area contributed by atoms with Crippen LogP contribution in [0, 0.1) is 5.92 Å². The van der Waals surface area contributed by atoms with Gasteiger partial charge in [-0.3, -0.25) is 9.59 Å². The number of allylic oxidation sites excluding steroid dienone is 1. The third-order valence-electron chi connectivity index (χ3n) is 1.57. The van der Waals surface area contributed by atoms with Gasteiger partial charge in [-0.1, -0.05) is 12.2 Å². The quantitative estimate of drug-likeness (QED) is 0.528. The summed E-state index contributed by atoms with van der Waals surface area (Å²) in [6.07, 6.45) is 2.90. The Kier molecular flexibility index (Phi) is 4.76. The largest absolute Gasteiger partial charge is 0.481 e. The van der Waals surface area contributed by atoms with Gasteiger partial charge < -0.3 is 15.9 Å². The van der Waals surface area contributed by atoms with E-state index in [1.54, 1.807) is 13.0 Å². The van der Waals surface area contributed by atoms with Crippen molar-refractivity contribution in [3.63, 3.8) is 0 Å². The first kappa shape index (κ1) is 11.6. The second kappa shape index (κ2) is 5.31. The highest BCUT2D eigenvalue weighted by atomic mass is 16.4. The van der Waals surface area contributed by atoms with E-state index in [2.05, 4.69) is 0 Å². The lowest BCUT2D eigenvalue weighted by molar-refractivity contribution is -0.142. The lowest BCUT2D eigenvalue weighted by atomic mass is 10.00. The minimum absolute atomic E-state index is 0.0883. The number of hydrogen-bond donors (Lipinski definition) is 3. The molecule has 0 amide bonds. The molecule has 5 nitrogen and oxygen atoms in total. The first-order valence-corrected chi connectivity index (χ1v) is 3.83. The molecule has 0 aromatic rings. The summed E-state index contributed by atoms with van der Waals surface area (Å²) < 4.78 is 0. The Labute approximate surface area is 75.9 Å². The van der Waals surface area contributed by atoms with E-state index in [-0.39, 0.29) is 6.42 Å². The Balaban J connectivity index is 4.26. The van der Waals surface area contributed by atoms with Gasteiger partial charge in [-0.05, 0) is 13.3 Å². The average molecular weight is 187 g/mol. The van der Waals surface area contributed by atoms with E-state index in [9.17, 15) is 9.59 Å². The molecule has 4 N–H and O–H groups in total. The topological polar surface area (TPSA) is 101 Å². The van der Waals surface area contributed by atoms with Gasteiger partial charge in [-0.25, -0.2) is 0 Å². The van der Waals surface area contributed by atoms with Crippen LogP contribution >= 0.6 is 0 Å². The number of rotatable bonds is 5. The smallest absolute Gasteiger partial charge is 0.320 e. The molecule has 74 valence electrons. The van der Waals surface area contributed by atoms with E-state index in [0.717, 1.165) is 0 Å². The van der Waals surface area contributed by atoms with Crippen molar-refractivity contribution >= 4 is 11.9 Å². The highest BCUT2D eigenvalue weighted by Crippen LogP contribution is 2.08. The van der Waals surface area contributed by atoms with Gasteiger partial charge in [0, 0.05) is 0 Å². The van der Waals surface area contributed by atoms with Crippen LogP contribution in [0.3, 0.4) is 0 Å². The maximum Gasteiger partial charge on any atom is 0.320 e. The van der Waals surface area contributed by atoms with Crippen LogP contribution in [0.15, 0.2) is 12.2 Å². The number of carboxylic acids is 2. The van der Waals surface area contributed by atoms with Crippen LogP contribution in [-0.4, -0.2) is 28.2 Å². The van der Waals surface area contributed by atoms with E-state index in [1.807, 2.05) is 0 Å². The van der Waals surface area contributed by atoms with Crippen LogP contribution in [0.4, 0.5) is 0 Å². The highest BCUT2D eigenvalue weighted by molar-refractivity contribution is 5.76. The van der Waals surface area contributed by atoms with Gasteiger partial charge in [0.2, 0.25) is 0 Å². The van der Waals surface area contributed by atoms with Crippen molar-refractivity contribution in [1.29, 1.82) is 0 Å². The van der Waals surface area contributed by atoms with Gasteiger partial charge in [0.05, 0.1) is 5.92 Å². The second-order valence-corrected chi connectivity index (χ2v) is 2.65. The fraction of sp³-hybridized carbons (Fsp3) is 0.500. The molecule has 0 radical (unpaired) electrons. The molecule has 0 rings (SSSR count). The van der Waals surface area contributed by atoms with Crippen molar-refractivity contribution in [2.45, 2.75) is 19.4 Å². The summed E-state index contributed by atoms with van der Waals surface area (Å²) in [7, 11) is 0. The monoisotopic (exact) mass is 187 g/mol. The maximum absolute atomic E-state index is 10.5. The third kappa shape index (κ3) is 4.27. The Morgan fingerprint density at radius 2 is 1.92 bits per heavy atom. The van der Waals surface area contributed by atoms with Crippen LogP contribution in [0.2, 0.25) is 0 Å². The van der Waals surface area contributed by atoms with Gasteiger partial charge in [0.15, 0.2) is 0 Å². The van der Waals surface area contributed by atoms with Crippen molar-refractivity contribution in [2.75, 3.05) is 0 Å². The lowest BCUT2D eigenvalue weighted by Crippen LogP contribution is -2.33. The van der Waals surface area contributed by atoms with Crippen molar-refractivity contribution in [3.05, 3.63) is 12.2 Å². The van der Waals surface area contributed by atoms with Crippen LogP contribution in [0.5, 0.6) is 0 Å². The van der Waals surface area contributed by atoms with E-state index in [1.165, 1.54) is 6.08 Å². The number of nitrogens with two attached hydrogens (primary N) is 1. The molecule has 0 aliphatic heterocycles. The molecule has 0 fully saturated rings. The number of hydrogen-bond acceptors (Lipinski definition) is 3. The summed E-state index contributed by atoms with van der Waals surface area (Å²) in [6, 6.07) is -1.13. The molecule has 0 spiro atoms. The lowest BCUT2D eigenvalue weighted by Gasteiger charge is -2.10. The SMILES string of the molecule is CC=CC(CC(N)C(=O)O)C(=O)O. The fourth-order valence-electron chi connectivity index (χ4n) is 0.868. The van der Waals surface area contributed by atoms with E-state index < -0.39 is 23.9 Å². The van der Waals surface area contributed by atoms with Gasteiger partial charge in [-0.15, -0.1) is 0 Å². The molecule has 0 bridgehead atoms. The van der Waals surface area contributed by atoms with Crippen molar-refractivity contribution in [1.82, 2.24) is 0 Å². The molecule has 0 heterocycles. The van der Waals surface area contributed by atoms with Crippen LogP contribution in [0.25, 0.3) is 0 Å². The van der Waals surface area contributed by atoms with E-state index in [4.69, 9.17) is 15.9 Å². The first-order chi connectivity index (χ1) is 5.99. The zero-order valence-corrected chi connectivity index (χ0v) is 7.30. The van der Waals surface area contributed by atoms with Gasteiger partial charge in [0.25, 0.3) is 0 Å². The normalized spacial score (nSPS) is 15.5. The minimum atomic E-state index is -1.18. The molecule has 5 heteroatoms. The summed E-state index contributed by atoms with van der Waals surface area (Å²) in [5.41, 5.74) is 5.19. The predicted octanol–water partition coefficient (Wildman–Crippen LogP) is 0.0653. The highest BCUT2D eigenvalue weighted by Gasteiger charge is 2.21. The molecule has 0 aliphatic rings. The third-order valence-corrected chi connectivity index (χ3v) is 1.57. The molecule has 0 aliphatic carbocycles. The second-order valence-electron chi connectivity index (χ2n) is 2.65. The molecule has 2 unspecified atom stereocenters. The van der Waals surface area contributed by atoms with Gasteiger partial charge in [-0.2, -0.15) is 0 Å². The average Bonchev–Trinajstić information content (AvgIpc) is 2.03. The summed E-state index contributed by atoms with van der Waals surface area (Å²) in [6.45, 7) is 1.67. The zero-order chi connectivity index (χ0) is 10.4. The van der Waals surface area contributed by atoms with Crippen LogP contribution in [0.1, 0.15) is 13.3 Å². The summed E-state index contributed by atoms with van der Waals surface area (Å²) in [5, 5.41) is 17.1. The molecular formula is C8H13NO4. The van der Waals surface area contributed by atoms with Crippen LogP contribution in [-0.2, 0) is 9.59 Å². The van der Waals surface area contributed by atoms with Crippen molar-refractivity contribution in [3.8, 4) is 0 Å². The Morgan fingerprint density at radius 3 is 2.23 bits per heavy atom. The molecule has 2 atom stereocenters.